The van der Waals surface area contributed by atoms with Gasteiger partial charge in [-0.2, -0.15) is 13.2 Å². The molecule has 3 aromatic heterocycles. The van der Waals surface area contributed by atoms with Gasteiger partial charge in [0, 0.05) is 18.5 Å². The molecule has 0 bridgehead atoms. The van der Waals surface area contributed by atoms with Crippen LogP contribution in [0.15, 0.2) is 42.7 Å². The number of aryl methyl sites for hydroxylation is 2. The van der Waals surface area contributed by atoms with E-state index in [0.717, 1.165) is 34.4 Å². The summed E-state index contributed by atoms with van der Waals surface area (Å²) in [4.78, 5) is 23.7. The van der Waals surface area contributed by atoms with Gasteiger partial charge in [-0.3, -0.25) is 4.98 Å². The second kappa shape index (κ2) is 8.94. The summed E-state index contributed by atoms with van der Waals surface area (Å²) in [6.07, 6.45) is -2.41. The number of hydrogen-bond donors (Lipinski definition) is 1. The molecule has 3 heterocycles. The second-order valence-electron chi connectivity index (χ2n) is 7.65. The van der Waals surface area contributed by atoms with Crippen LogP contribution in [-0.4, -0.2) is 30.6 Å². The average molecular weight is 491 g/mol. The number of halogens is 4. The molecule has 4 aromatic rings. The number of rotatable bonds is 6. The fourth-order valence-electron chi connectivity index (χ4n) is 3.53. The summed E-state index contributed by atoms with van der Waals surface area (Å²) >= 11 is 6.11. The number of imidazole rings is 1. The minimum Gasteiger partial charge on any atom is -0.478 e. The van der Waals surface area contributed by atoms with E-state index in [4.69, 9.17) is 21.4 Å². The summed E-state index contributed by atoms with van der Waals surface area (Å²) in [5.74, 6) is -0.271. The van der Waals surface area contributed by atoms with Gasteiger partial charge in [0.15, 0.2) is 0 Å². The second-order valence-corrected chi connectivity index (χ2v) is 8.06. The van der Waals surface area contributed by atoms with Crippen LogP contribution in [0, 0.1) is 13.8 Å². The molecule has 0 aliphatic heterocycles. The minimum absolute atomic E-state index is 0.0613. The van der Waals surface area contributed by atoms with E-state index in [-0.39, 0.29) is 35.3 Å². The Balaban J connectivity index is 1.64. The van der Waals surface area contributed by atoms with E-state index in [1.165, 1.54) is 18.3 Å². The number of carboxylic acids is 1. The molecule has 7 nitrogen and oxygen atoms in total. The Labute approximate surface area is 196 Å². The number of nitrogens with zero attached hydrogens (tertiary/aromatic N) is 4. The van der Waals surface area contributed by atoms with E-state index >= 15 is 0 Å². The van der Waals surface area contributed by atoms with E-state index in [1.54, 1.807) is 6.92 Å². The molecular weight excluding hydrogens is 473 g/mol. The van der Waals surface area contributed by atoms with Crippen LogP contribution in [0.4, 0.5) is 13.2 Å². The molecule has 176 valence electrons. The van der Waals surface area contributed by atoms with Crippen molar-refractivity contribution in [1.29, 1.82) is 0 Å². The normalized spacial score (nSPS) is 11.7. The first-order valence-corrected chi connectivity index (χ1v) is 10.4. The van der Waals surface area contributed by atoms with Crippen LogP contribution in [-0.2, 0) is 19.3 Å². The monoisotopic (exact) mass is 490 g/mol. The summed E-state index contributed by atoms with van der Waals surface area (Å²) in [5, 5.41) is 9.03. The number of ether oxygens (including phenoxy) is 1. The Kier molecular flexibility index (Phi) is 6.18. The number of pyridine rings is 2. The van der Waals surface area contributed by atoms with E-state index in [1.807, 2.05) is 23.6 Å². The van der Waals surface area contributed by atoms with Gasteiger partial charge in [0.2, 0.25) is 5.88 Å². The topological polar surface area (TPSA) is 90.1 Å². The van der Waals surface area contributed by atoms with Gasteiger partial charge in [-0.1, -0.05) is 17.7 Å². The van der Waals surface area contributed by atoms with Gasteiger partial charge in [-0.25, -0.2) is 14.8 Å². The maximum absolute atomic E-state index is 12.9. The Morgan fingerprint density at radius 3 is 2.62 bits per heavy atom. The van der Waals surface area contributed by atoms with Gasteiger partial charge < -0.3 is 14.4 Å². The molecule has 0 radical (unpaired) electrons. The van der Waals surface area contributed by atoms with Crippen LogP contribution >= 0.6 is 11.6 Å². The Morgan fingerprint density at radius 2 is 1.94 bits per heavy atom. The quantitative estimate of drug-likeness (QED) is 0.387. The van der Waals surface area contributed by atoms with Crippen LogP contribution in [0.2, 0.25) is 5.02 Å². The number of alkyl halides is 3. The molecule has 1 aromatic carbocycles. The molecule has 0 amide bonds. The van der Waals surface area contributed by atoms with Crippen molar-refractivity contribution in [2.24, 2.45) is 0 Å². The zero-order valence-electron chi connectivity index (χ0n) is 18.0. The zero-order valence-corrected chi connectivity index (χ0v) is 18.8. The Hall–Kier alpha value is -3.66. The molecule has 0 atom stereocenters. The standard InChI is InChI=1S/C23H18ClF3N4O3/c1-12-5-14(11-34-20-7-15(22(32)33)3-4-28-20)6-19-21(12)30-13(2)31(19)10-18-17(24)8-16(9-29-18)23(25,26)27/h3-9H,10-11H2,1-2H3,(H,32,33). The predicted octanol–water partition coefficient (Wildman–Crippen LogP) is 5.44. The molecule has 34 heavy (non-hydrogen) atoms. The molecule has 0 saturated heterocycles. The van der Waals surface area contributed by atoms with Crippen molar-refractivity contribution in [2.75, 3.05) is 0 Å². The largest absolute Gasteiger partial charge is 0.478 e. The van der Waals surface area contributed by atoms with Crippen molar-refractivity contribution < 1.29 is 27.8 Å². The number of fused-ring (bicyclic) bond motifs is 1. The highest BCUT2D eigenvalue weighted by atomic mass is 35.5. The smallest absolute Gasteiger partial charge is 0.417 e. The summed E-state index contributed by atoms with van der Waals surface area (Å²) in [5.41, 5.74) is 2.55. The van der Waals surface area contributed by atoms with Crippen LogP contribution < -0.4 is 4.74 Å². The van der Waals surface area contributed by atoms with Crippen LogP contribution in [0.1, 0.15) is 38.6 Å². The van der Waals surface area contributed by atoms with E-state index in [0.29, 0.717) is 5.82 Å². The van der Waals surface area contributed by atoms with E-state index < -0.39 is 17.7 Å². The highest BCUT2D eigenvalue weighted by Crippen LogP contribution is 2.32. The maximum atomic E-state index is 12.9. The molecule has 11 heteroatoms. The lowest BCUT2D eigenvalue weighted by Gasteiger charge is -2.12. The van der Waals surface area contributed by atoms with Gasteiger partial charge in [0.1, 0.15) is 12.4 Å². The van der Waals surface area contributed by atoms with Crippen molar-refractivity contribution in [3.63, 3.8) is 0 Å². The average Bonchev–Trinajstić information content (AvgIpc) is 3.09. The highest BCUT2D eigenvalue weighted by Gasteiger charge is 2.31. The third-order valence-electron chi connectivity index (χ3n) is 5.22. The number of carboxylic acid groups (broad SMARTS) is 1. The number of aromatic nitrogens is 4. The molecule has 0 saturated carbocycles. The first kappa shape index (κ1) is 23.5. The molecule has 0 aliphatic carbocycles. The molecular formula is C23H18ClF3N4O3. The minimum atomic E-state index is -4.53. The van der Waals surface area contributed by atoms with Crippen molar-refractivity contribution in [3.8, 4) is 5.88 Å². The summed E-state index contributed by atoms with van der Waals surface area (Å²) in [6.45, 7) is 3.92. The number of carbonyl (C=O) groups is 1. The fourth-order valence-corrected chi connectivity index (χ4v) is 3.76. The lowest BCUT2D eigenvalue weighted by atomic mass is 10.1. The number of hydrogen-bond acceptors (Lipinski definition) is 5. The lowest BCUT2D eigenvalue weighted by Crippen LogP contribution is -2.09. The number of aromatic carboxylic acids is 1. The van der Waals surface area contributed by atoms with Crippen molar-refractivity contribution >= 4 is 28.6 Å². The molecule has 0 fully saturated rings. The van der Waals surface area contributed by atoms with Gasteiger partial charge in [0.25, 0.3) is 0 Å². The lowest BCUT2D eigenvalue weighted by molar-refractivity contribution is -0.137. The highest BCUT2D eigenvalue weighted by molar-refractivity contribution is 6.31. The Morgan fingerprint density at radius 1 is 1.18 bits per heavy atom. The van der Waals surface area contributed by atoms with Gasteiger partial charge in [-0.05, 0) is 43.2 Å². The molecule has 0 spiro atoms. The summed E-state index contributed by atoms with van der Waals surface area (Å²) in [7, 11) is 0. The third-order valence-corrected chi connectivity index (χ3v) is 5.54. The summed E-state index contributed by atoms with van der Waals surface area (Å²) in [6, 6.07) is 7.31. The van der Waals surface area contributed by atoms with Crippen LogP contribution in [0.25, 0.3) is 11.0 Å². The zero-order chi connectivity index (χ0) is 24.6. The van der Waals surface area contributed by atoms with Gasteiger partial charge in [0.05, 0.1) is 39.4 Å². The van der Waals surface area contributed by atoms with E-state index in [9.17, 15) is 18.0 Å². The first-order valence-electron chi connectivity index (χ1n) is 10.0. The predicted molar refractivity (Wildman–Crippen MR) is 118 cm³/mol. The SMILES string of the molecule is Cc1cc(COc2cc(C(=O)O)ccn2)cc2c1nc(C)n2Cc1ncc(C(F)(F)F)cc1Cl. The molecule has 4 rings (SSSR count). The summed E-state index contributed by atoms with van der Waals surface area (Å²) < 4.78 is 46.3. The molecule has 1 N–H and O–H groups in total. The first-order chi connectivity index (χ1) is 16.0. The Bertz CT molecular complexity index is 1400. The van der Waals surface area contributed by atoms with Crippen LogP contribution in [0.5, 0.6) is 5.88 Å². The van der Waals surface area contributed by atoms with Crippen molar-refractivity contribution in [2.45, 2.75) is 33.2 Å². The molecule has 0 aliphatic rings. The van der Waals surface area contributed by atoms with E-state index in [2.05, 4.69) is 15.0 Å². The van der Waals surface area contributed by atoms with Crippen molar-refractivity contribution in [1.82, 2.24) is 19.5 Å². The maximum Gasteiger partial charge on any atom is 0.417 e. The van der Waals surface area contributed by atoms with Crippen LogP contribution in [0.3, 0.4) is 0 Å². The van der Waals surface area contributed by atoms with Gasteiger partial charge >= 0.3 is 12.1 Å². The van der Waals surface area contributed by atoms with Gasteiger partial charge in [-0.15, -0.1) is 0 Å². The fraction of sp³-hybridized carbons (Fsp3) is 0.217. The van der Waals surface area contributed by atoms with Crippen molar-refractivity contribution in [3.05, 3.63) is 81.5 Å². The number of benzene rings is 1. The molecule has 0 unspecified atom stereocenters. The third kappa shape index (κ3) is 4.81.